The Morgan fingerprint density at radius 1 is 1.00 bits per heavy atom. The zero-order valence-electron chi connectivity index (χ0n) is 20.1. The van der Waals surface area contributed by atoms with Crippen LogP contribution in [0.15, 0.2) is 78.9 Å². The number of rotatable bonds is 7. The van der Waals surface area contributed by atoms with E-state index >= 15 is 0 Å². The summed E-state index contributed by atoms with van der Waals surface area (Å²) >= 11 is 0. The van der Waals surface area contributed by atoms with Gasteiger partial charge in [-0.25, -0.2) is 4.90 Å². The molecule has 188 valence electrons. The molecule has 10 nitrogen and oxygen atoms in total. The van der Waals surface area contributed by atoms with Crippen molar-refractivity contribution in [2.45, 2.75) is 32.4 Å². The molecule has 1 saturated heterocycles. The lowest BCUT2D eigenvalue weighted by molar-refractivity contribution is -0.384. The lowest BCUT2D eigenvalue weighted by Crippen LogP contribution is -2.46. The molecule has 3 aromatic rings. The highest BCUT2D eigenvalue weighted by molar-refractivity contribution is 6.23. The molecule has 0 aromatic heterocycles. The third-order valence-electron chi connectivity index (χ3n) is 6.07. The van der Waals surface area contributed by atoms with Crippen molar-refractivity contribution in [3.63, 3.8) is 0 Å². The van der Waals surface area contributed by atoms with Crippen LogP contribution in [-0.2, 0) is 14.4 Å². The number of benzene rings is 3. The van der Waals surface area contributed by atoms with Crippen molar-refractivity contribution in [2.75, 3.05) is 4.90 Å². The van der Waals surface area contributed by atoms with E-state index in [0.717, 1.165) is 10.5 Å². The second-order valence-corrected chi connectivity index (χ2v) is 8.48. The van der Waals surface area contributed by atoms with Crippen molar-refractivity contribution in [2.24, 2.45) is 0 Å². The van der Waals surface area contributed by atoms with Crippen LogP contribution in [0.4, 0.5) is 11.4 Å². The van der Waals surface area contributed by atoms with E-state index in [1.165, 1.54) is 60.4 Å². The number of esters is 1. The van der Waals surface area contributed by atoms with Gasteiger partial charge in [-0.3, -0.25) is 29.3 Å². The molecule has 2 unspecified atom stereocenters. The number of hydrogen-bond acceptors (Lipinski definition) is 7. The number of imide groups is 1. The van der Waals surface area contributed by atoms with E-state index in [9.17, 15) is 29.3 Å². The van der Waals surface area contributed by atoms with Crippen LogP contribution in [0.1, 0.15) is 42.2 Å². The minimum atomic E-state index is -1.10. The minimum Gasteiger partial charge on any atom is -0.427 e. The van der Waals surface area contributed by atoms with Gasteiger partial charge in [0.25, 0.3) is 17.5 Å². The monoisotopic (exact) mass is 501 g/mol. The standard InChI is InChI=1S/C27H23N3O7/c1-17(19-6-4-3-5-7-19)28(26(33)20-8-10-22(11-9-20)30(35)36)24-16-25(32)29(27(24)34)21-12-14-23(15-13-21)37-18(2)31/h3-15,17,24H,16H2,1-2H3. The molecule has 4 rings (SSSR count). The fraction of sp³-hybridized carbons (Fsp3) is 0.185. The number of nitro benzene ring substituents is 1. The topological polar surface area (TPSA) is 127 Å². The number of ether oxygens (including phenoxy) is 1. The second-order valence-electron chi connectivity index (χ2n) is 8.48. The minimum absolute atomic E-state index is 0.151. The van der Waals surface area contributed by atoms with Crippen LogP contribution in [0.5, 0.6) is 5.75 Å². The predicted molar refractivity (Wildman–Crippen MR) is 133 cm³/mol. The van der Waals surface area contributed by atoms with E-state index < -0.39 is 40.7 Å². The van der Waals surface area contributed by atoms with Gasteiger partial charge in [-0.2, -0.15) is 0 Å². The summed E-state index contributed by atoms with van der Waals surface area (Å²) in [6.45, 7) is 3.02. The molecule has 37 heavy (non-hydrogen) atoms. The van der Waals surface area contributed by atoms with Crippen molar-refractivity contribution in [1.82, 2.24) is 4.90 Å². The van der Waals surface area contributed by atoms with Crippen LogP contribution in [0.25, 0.3) is 0 Å². The molecule has 3 amide bonds. The number of hydrogen-bond donors (Lipinski definition) is 0. The smallest absolute Gasteiger partial charge is 0.308 e. The lowest BCUT2D eigenvalue weighted by atomic mass is 10.0. The molecular formula is C27H23N3O7. The molecule has 0 aliphatic carbocycles. The number of carbonyl (C=O) groups excluding carboxylic acids is 4. The first-order chi connectivity index (χ1) is 17.7. The van der Waals surface area contributed by atoms with Gasteiger partial charge in [0.05, 0.1) is 23.1 Å². The molecule has 0 saturated carbocycles. The van der Waals surface area contributed by atoms with E-state index in [4.69, 9.17) is 4.74 Å². The van der Waals surface area contributed by atoms with E-state index in [-0.39, 0.29) is 29.1 Å². The zero-order chi connectivity index (χ0) is 26.7. The maximum atomic E-state index is 13.7. The maximum absolute atomic E-state index is 13.7. The zero-order valence-corrected chi connectivity index (χ0v) is 20.1. The van der Waals surface area contributed by atoms with Gasteiger partial charge < -0.3 is 9.64 Å². The highest BCUT2D eigenvalue weighted by Gasteiger charge is 2.46. The molecule has 0 N–H and O–H groups in total. The van der Waals surface area contributed by atoms with Crippen LogP contribution in [0.3, 0.4) is 0 Å². The van der Waals surface area contributed by atoms with Gasteiger partial charge in [-0.1, -0.05) is 30.3 Å². The largest absolute Gasteiger partial charge is 0.427 e. The fourth-order valence-corrected chi connectivity index (χ4v) is 4.29. The molecule has 10 heteroatoms. The Morgan fingerprint density at radius 3 is 2.19 bits per heavy atom. The van der Waals surface area contributed by atoms with Gasteiger partial charge in [0.2, 0.25) is 5.91 Å². The van der Waals surface area contributed by atoms with Crippen LogP contribution in [0, 0.1) is 10.1 Å². The highest BCUT2D eigenvalue weighted by Crippen LogP contribution is 2.33. The number of nitro groups is 1. The molecule has 0 bridgehead atoms. The molecule has 0 spiro atoms. The molecule has 1 aliphatic heterocycles. The molecule has 1 heterocycles. The van der Waals surface area contributed by atoms with E-state index in [2.05, 4.69) is 0 Å². The summed E-state index contributed by atoms with van der Waals surface area (Å²) in [6, 6.07) is 18.4. The van der Waals surface area contributed by atoms with Crippen LogP contribution >= 0.6 is 0 Å². The number of anilines is 1. The Bertz CT molecular complexity index is 1360. The summed E-state index contributed by atoms with van der Waals surface area (Å²) < 4.78 is 5.01. The first kappa shape index (κ1) is 25.2. The molecule has 1 fully saturated rings. The SMILES string of the molecule is CC(=O)Oc1ccc(N2C(=O)CC(N(C(=O)c3ccc([N+](=O)[O-])cc3)C(C)c3ccccc3)C2=O)cc1. The molecule has 1 aliphatic rings. The third kappa shape index (κ3) is 5.22. The van der Waals surface area contributed by atoms with Gasteiger partial charge in [-0.15, -0.1) is 0 Å². The molecule has 3 aromatic carbocycles. The summed E-state index contributed by atoms with van der Waals surface area (Å²) in [4.78, 5) is 64.3. The lowest BCUT2D eigenvalue weighted by Gasteiger charge is -2.33. The average Bonchev–Trinajstić information content (AvgIpc) is 3.18. The second kappa shape index (κ2) is 10.4. The van der Waals surface area contributed by atoms with Crippen molar-refractivity contribution in [3.8, 4) is 5.75 Å². The molecule has 0 radical (unpaired) electrons. The Balaban J connectivity index is 1.68. The summed E-state index contributed by atoms with van der Waals surface area (Å²) in [7, 11) is 0. The maximum Gasteiger partial charge on any atom is 0.308 e. The predicted octanol–water partition coefficient (Wildman–Crippen LogP) is 4.06. The van der Waals surface area contributed by atoms with Gasteiger partial charge in [0.15, 0.2) is 0 Å². The highest BCUT2D eigenvalue weighted by atomic mass is 16.6. The summed E-state index contributed by atoms with van der Waals surface area (Å²) in [5, 5.41) is 11.0. The first-order valence-electron chi connectivity index (χ1n) is 11.4. The quantitative estimate of drug-likeness (QED) is 0.157. The summed E-state index contributed by atoms with van der Waals surface area (Å²) in [5.41, 5.74) is 1.01. The van der Waals surface area contributed by atoms with Crippen molar-refractivity contribution in [3.05, 3.63) is 100 Å². The number of amides is 3. The fourth-order valence-electron chi connectivity index (χ4n) is 4.29. The van der Waals surface area contributed by atoms with E-state index in [0.29, 0.717) is 0 Å². The first-order valence-corrected chi connectivity index (χ1v) is 11.4. The van der Waals surface area contributed by atoms with Crippen LogP contribution in [0.2, 0.25) is 0 Å². The van der Waals surface area contributed by atoms with Gasteiger partial charge >= 0.3 is 5.97 Å². The Morgan fingerprint density at radius 2 is 1.62 bits per heavy atom. The van der Waals surface area contributed by atoms with E-state index in [1.807, 2.05) is 18.2 Å². The van der Waals surface area contributed by atoms with Crippen molar-refractivity contribution >= 4 is 35.1 Å². The summed E-state index contributed by atoms with van der Waals surface area (Å²) in [5.74, 6) is -1.85. The van der Waals surface area contributed by atoms with Gasteiger partial charge in [0, 0.05) is 24.6 Å². The van der Waals surface area contributed by atoms with Crippen LogP contribution < -0.4 is 9.64 Å². The molecule has 2 atom stereocenters. The molecular weight excluding hydrogens is 478 g/mol. The third-order valence-corrected chi connectivity index (χ3v) is 6.07. The van der Waals surface area contributed by atoms with Crippen molar-refractivity contribution in [1.29, 1.82) is 0 Å². The Kier molecular flexibility index (Phi) is 7.10. The normalized spacial score (nSPS) is 15.8. The average molecular weight is 501 g/mol. The number of non-ortho nitro benzene ring substituents is 1. The Hall–Kier alpha value is -4.86. The number of nitrogens with zero attached hydrogens (tertiary/aromatic N) is 3. The van der Waals surface area contributed by atoms with Crippen LogP contribution in [-0.4, -0.2) is 39.6 Å². The summed E-state index contributed by atoms with van der Waals surface area (Å²) in [6.07, 6.45) is -0.236. The Labute approximate surface area is 212 Å². The number of carbonyl (C=O) groups is 4. The van der Waals surface area contributed by atoms with E-state index in [1.54, 1.807) is 19.1 Å². The van der Waals surface area contributed by atoms with Gasteiger partial charge in [-0.05, 0) is 48.9 Å². The van der Waals surface area contributed by atoms with Crippen molar-refractivity contribution < 1.29 is 28.8 Å². The van der Waals surface area contributed by atoms with Gasteiger partial charge in [0.1, 0.15) is 11.8 Å².